The van der Waals surface area contributed by atoms with Crippen LogP contribution in [0.3, 0.4) is 0 Å². The van der Waals surface area contributed by atoms with E-state index >= 15 is 0 Å². The second-order valence-corrected chi connectivity index (χ2v) is 1.77. The Balaban J connectivity index is 2.69. The van der Waals surface area contributed by atoms with Crippen molar-refractivity contribution in [2.75, 3.05) is 6.61 Å². The summed E-state index contributed by atoms with van der Waals surface area (Å²) in [5.74, 6) is 0. The Labute approximate surface area is 52.5 Å². The van der Waals surface area contributed by atoms with E-state index in [-0.39, 0.29) is 6.61 Å². The fourth-order valence-electron chi connectivity index (χ4n) is 0.582. The summed E-state index contributed by atoms with van der Waals surface area (Å²) < 4.78 is 4.39. The number of aliphatic hydroxyl groups excluding tert-OH is 1. The van der Waals surface area contributed by atoms with Gasteiger partial charge in [-0.15, -0.1) is 0 Å². The van der Waals surface area contributed by atoms with Crippen LogP contribution in [0.1, 0.15) is 11.4 Å². The fraction of sp³-hybridized carbons (Fsp3) is 0.600. The number of aryl methyl sites for hydroxylation is 1. The molecule has 0 aliphatic heterocycles. The minimum Gasteiger partial charge on any atom is -0.396 e. The zero-order valence-electron chi connectivity index (χ0n) is 5.16. The molecule has 0 fully saturated rings. The molecule has 1 N–H and O–H groups in total. The second kappa shape index (κ2) is 2.59. The zero-order chi connectivity index (χ0) is 6.69. The predicted octanol–water partition coefficient (Wildman–Crippen LogP) is -0.0872. The Morgan fingerprint density at radius 3 is 2.78 bits per heavy atom. The topological polar surface area (TPSA) is 59.2 Å². The van der Waals surface area contributed by atoms with Crippen LogP contribution in [0.4, 0.5) is 0 Å². The molecular formula is C5H8N2O2. The first-order chi connectivity index (χ1) is 4.34. The highest BCUT2D eigenvalue weighted by atomic mass is 16.6. The summed E-state index contributed by atoms with van der Waals surface area (Å²) in [5.41, 5.74) is 1.49. The average molecular weight is 128 g/mol. The third kappa shape index (κ3) is 1.26. The van der Waals surface area contributed by atoms with E-state index in [0.717, 1.165) is 11.4 Å². The van der Waals surface area contributed by atoms with Gasteiger partial charge >= 0.3 is 0 Å². The van der Waals surface area contributed by atoms with Gasteiger partial charge in [-0.05, 0) is 6.92 Å². The number of rotatable bonds is 2. The molecule has 50 valence electrons. The van der Waals surface area contributed by atoms with Gasteiger partial charge in [-0.1, -0.05) is 10.3 Å². The highest BCUT2D eigenvalue weighted by Gasteiger charge is 2.01. The number of aromatic nitrogens is 2. The lowest BCUT2D eigenvalue weighted by atomic mass is 10.3. The lowest BCUT2D eigenvalue weighted by Gasteiger charge is -1.85. The van der Waals surface area contributed by atoms with Crippen molar-refractivity contribution in [3.63, 3.8) is 0 Å². The van der Waals surface area contributed by atoms with Crippen LogP contribution in [0.2, 0.25) is 0 Å². The number of hydrogen-bond acceptors (Lipinski definition) is 4. The molecule has 0 aromatic carbocycles. The third-order valence-corrected chi connectivity index (χ3v) is 1.10. The Morgan fingerprint density at radius 1 is 1.56 bits per heavy atom. The second-order valence-electron chi connectivity index (χ2n) is 1.77. The van der Waals surface area contributed by atoms with E-state index in [1.54, 1.807) is 6.92 Å². The van der Waals surface area contributed by atoms with E-state index in [1.165, 1.54) is 0 Å². The van der Waals surface area contributed by atoms with Gasteiger partial charge in [0.25, 0.3) is 0 Å². The summed E-state index contributed by atoms with van der Waals surface area (Å²) in [4.78, 5) is 0. The molecule has 0 bridgehead atoms. The molecule has 1 heterocycles. The monoisotopic (exact) mass is 128 g/mol. The minimum atomic E-state index is 0.0923. The van der Waals surface area contributed by atoms with Gasteiger partial charge in [-0.3, -0.25) is 0 Å². The summed E-state index contributed by atoms with van der Waals surface area (Å²) >= 11 is 0. The van der Waals surface area contributed by atoms with Gasteiger partial charge in [0.05, 0.1) is 0 Å². The van der Waals surface area contributed by atoms with Crippen molar-refractivity contribution < 1.29 is 9.74 Å². The molecule has 0 spiro atoms. The van der Waals surface area contributed by atoms with Crippen molar-refractivity contribution in [3.8, 4) is 0 Å². The van der Waals surface area contributed by atoms with E-state index in [1.807, 2.05) is 0 Å². The standard InChI is InChI=1S/C5H8N2O2/c1-4-5(2-3-8)7-9-6-4/h8H,2-3H2,1H3. The van der Waals surface area contributed by atoms with Crippen molar-refractivity contribution in [3.05, 3.63) is 11.4 Å². The largest absolute Gasteiger partial charge is 0.396 e. The van der Waals surface area contributed by atoms with E-state index < -0.39 is 0 Å². The molecular weight excluding hydrogens is 120 g/mol. The summed E-state index contributed by atoms with van der Waals surface area (Å²) in [6, 6.07) is 0. The van der Waals surface area contributed by atoms with Gasteiger partial charge in [0.15, 0.2) is 0 Å². The Kier molecular flexibility index (Phi) is 1.79. The molecule has 1 aromatic heterocycles. The molecule has 0 atom stereocenters. The van der Waals surface area contributed by atoms with Crippen molar-refractivity contribution in [2.45, 2.75) is 13.3 Å². The van der Waals surface area contributed by atoms with Gasteiger partial charge < -0.3 is 5.11 Å². The highest BCUT2D eigenvalue weighted by molar-refractivity contribution is 5.04. The molecule has 0 saturated carbocycles. The molecule has 0 saturated heterocycles. The summed E-state index contributed by atoms with van der Waals surface area (Å²) in [6.07, 6.45) is 0.523. The highest BCUT2D eigenvalue weighted by Crippen LogP contribution is 1.99. The molecule has 0 aliphatic carbocycles. The minimum absolute atomic E-state index is 0.0923. The first-order valence-electron chi connectivity index (χ1n) is 2.73. The van der Waals surface area contributed by atoms with Crippen LogP contribution in [0.5, 0.6) is 0 Å². The van der Waals surface area contributed by atoms with E-state index in [9.17, 15) is 0 Å². The van der Waals surface area contributed by atoms with Crippen LogP contribution < -0.4 is 0 Å². The molecule has 4 nitrogen and oxygen atoms in total. The SMILES string of the molecule is Cc1nonc1CCO. The molecule has 0 radical (unpaired) electrons. The van der Waals surface area contributed by atoms with Crippen LogP contribution in [0.15, 0.2) is 4.63 Å². The van der Waals surface area contributed by atoms with Crippen LogP contribution in [0, 0.1) is 6.92 Å². The fourth-order valence-corrected chi connectivity index (χ4v) is 0.582. The molecule has 0 aliphatic rings. The van der Waals surface area contributed by atoms with Crippen LogP contribution in [0.25, 0.3) is 0 Å². The first-order valence-corrected chi connectivity index (χ1v) is 2.73. The Morgan fingerprint density at radius 2 is 2.33 bits per heavy atom. The maximum Gasteiger partial charge on any atom is 0.110 e. The summed E-state index contributed by atoms with van der Waals surface area (Å²) in [7, 11) is 0. The smallest absolute Gasteiger partial charge is 0.110 e. The quantitative estimate of drug-likeness (QED) is 0.604. The van der Waals surface area contributed by atoms with Gasteiger partial charge in [-0.2, -0.15) is 0 Å². The van der Waals surface area contributed by atoms with Gasteiger partial charge in [0.2, 0.25) is 0 Å². The molecule has 1 aromatic rings. The van der Waals surface area contributed by atoms with Crippen molar-refractivity contribution in [1.82, 2.24) is 10.3 Å². The normalized spacial score (nSPS) is 10.0. The molecule has 4 heteroatoms. The molecule has 0 amide bonds. The van der Waals surface area contributed by atoms with Crippen molar-refractivity contribution in [1.29, 1.82) is 0 Å². The van der Waals surface area contributed by atoms with Gasteiger partial charge in [0.1, 0.15) is 11.4 Å². The lowest BCUT2D eigenvalue weighted by molar-refractivity contribution is 0.282. The first kappa shape index (κ1) is 6.22. The Hall–Kier alpha value is -0.900. The van der Waals surface area contributed by atoms with Crippen LogP contribution in [-0.2, 0) is 6.42 Å². The van der Waals surface area contributed by atoms with E-state index in [4.69, 9.17) is 5.11 Å². The maximum absolute atomic E-state index is 8.45. The summed E-state index contributed by atoms with van der Waals surface area (Å²) in [5, 5.41) is 15.6. The molecule has 9 heavy (non-hydrogen) atoms. The summed E-state index contributed by atoms with van der Waals surface area (Å²) in [6.45, 7) is 1.89. The van der Waals surface area contributed by atoms with Gasteiger partial charge in [0, 0.05) is 13.0 Å². The molecule has 0 unspecified atom stereocenters. The van der Waals surface area contributed by atoms with Crippen molar-refractivity contribution >= 4 is 0 Å². The average Bonchev–Trinajstić information content (AvgIpc) is 2.18. The lowest BCUT2D eigenvalue weighted by Crippen LogP contribution is -1.92. The predicted molar refractivity (Wildman–Crippen MR) is 29.8 cm³/mol. The van der Waals surface area contributed by atoms with Gasteiger partial charge in [-0.25, -0.2) is 4.63 Å². The van der Waals surface area contributed by atoms with Crippen molar-refractivity contribution in [2.24, 2.45) is 0 Å². The van der Waals surface area contributed by atoms with E-state index in [2.05, 4.69) is 14.9 Å². The number of nitrogens with zero attached hydrogens (tertiary/aromatic N) is 2. The maximum atomic E-state index is 8.45. The van der Waals surface area contributed by atoms with E-state index in [0.29, 0.717) is 6.42 Å². The number of hydrogen-bond donors (Lipinski definition) is 1. The zero-order valence-corrected chi connectivity index (χ0v) is 5.16. The Bertz CT molecular complexity index is 185. The molecule has 1 rings (SSSR count). The third-order valence-electron chi connectivity index (χ3n) is 1.10. The number of aliphatic hydroxyl groups is 1. The van der Waals surface area contributed by atoms with Crippen LogP contribution in [-0.4, -0.2) is 22.0 Å². The van der Waals surface area contributed by atoms with Crippen LogP contribution >= 0.6 is 0 Å².